The fraction of sp³-hybridized carbons (Fsp3) is 0.312. The number of hydrogen-bond donors (Lipinski definition) is 1. The van der Waals surface area contributed by atoms with E-state index in [1.54, 1.807) is 0 Å². The van der Waals surface area contributed by atoms with Crippen molar-refractivity contribution < 1.29 is 26.3 Å². The molecule has 0 saturated heterocycles. The first-order valence-corrected chi connectivity index (χ1v) is 7.64. The molecule has 11 heteroatoms. The molecule has 0 aliphatic carbocycles. The summed E-state index contributed by atoms with van der Waals surface area (Å²) in [6.45, 7) is 2.85. The molecule has 27 heavy (non-hydrogen) atoms. The number of halogens is 6. The van der Waals surface area contributed by atoms with Crippen molar-refractivity contribution in [2.45, 2.75) is 32.5 Å². The lowest BCUT2D eigenvalue weighted by Gasteiger charge is -2.15. The second-order valence-electron chi connectivity index (χ2n) is 5.89. The average Bonchev–Trinajstić information content (AvgIpc) is 2.92. The molecule has 5 nitrogen and oxygen atoms in total. The maximum absolute atomic E-state index is 13.9. The van der Waals surface area contributed by atoms with E-state index in [1.807, 2.05) is 0 Å². The van der Waals surface area contributed by atoms with E-state index in [0.29, 0.717) is 12.1 Å². The molecule has 2 aromatic heterocycles. The van der Waals surface area contributed by atoms with E-state index in [4.69, 9.17) is 0 Å². The van der Waals surface area contributed by atoms with Crippen molar-refractivity contribution in [3.8, 4) is 0 Å². The third kappa shape index (κ3) is 3.28. The van der Waals surface area contributed by atoms with Crippen LogP contribution >= 0.6 is 0 Å². The molecule has 0 fully saturated rings. The first-order valence-electron chi connectivity index (χ1n) is 7.64. The van der Waals surface area contributed by atoms with Gasteiger partial charge in [-0.05, 0) is 31.5 Å². The van der Waals surface area contributed by atoms with Gasteiger partial charge < -0.3 is 4.98 Å². The number of nitrogens with zero attached hydrogens (tertiary/aromatic N) is 3. The van der Waals surface area contributed by atoms with Gasteiger partial charge in [0.05, 0.1) is 11.6 Å². The van der Waals surface area contributed by atoms with Crippen molar-refractivity contribution in [1.29, 1.82) is 0 Å². The monoisotopic (exact) mass is 390 g/mol. The van der Waals surface area contributed by atoms with Crippen molar-refractivity contribution in [3.63, 3.8) is 0 Å². The fourth-order valence-electron chi connectivity index (χ4n) is 2.77. The second kappa shape index (κ2) is 6.39. The van der Waals surface area contributed by atoms with E-state index in [9.17, 15) is 31.1 Å². The van der Waals surface area contributed by atoms with Crippen molar-refractivity contribution in [2.24, 2.45) is 0 Å². The number of rotatable bonds is 3. The minimum atomic E-state index is -4.86. The minimum Gasteiger partial charge on any atom is -0.310 e. The van der Waals surface area contributed by atoms with Gasteiger partial charge in [-0.2, -0.15) is 18.3 Å². The minimum absolute atomic E-state index is 0.0467. The lowest BCUT2D eigenvalue weighted by molar-refractivity contribution is -0.140. The number of H-pyrrole nitrogens is 1. The number of benzene rings is 1. The van der Waals surface area contributed by atoms with Crippen molar-refractivity contribution in [2.75, 3.05) is 0 Å². The highest BCUT2D eigenvalue weighted by atomic mass is 19.4. The lowest BCUT2D eigenvalue weighted by Crippen LogP contribution is -2.14. The molecular formula is C16H12F6N4O. The molecule has 144 valence electrons. The lowest BCUT2D eigenvalue weighted by atomic mass is 10.1. The second-order valence-corrected chi connectivity index (χ2v) is 5.89. The first kappa shape index (κ1) is 18.9. The summed E-state index contributed by atoms with van der Waals surface area (Å²) >= 11 is 0. The summed E-state index contributed by atoms with van der Waals surface area (Å²) < 4.78 is 79.5. The molecule has 0 radical (unpaired) electrons. The Morgan fingerprint density at radius 2 is 1.89 bits per heavy atom. The molecule has 1 aromatic carbocycles. The highest BCUT2D eigenvalue weighted by molar-refractivity contribution is 5.77. The zero-order valence-electron chi connectivity index (χ0n) is 13.9. The molecule has 2 heterocycles. The molecule has 0 amide bonds. The Balaban J connectivity index is 2.18. The van der Waals surface area contributed by atoms with Crippen LogP contribution in [0.3, 0.4) is 0 Å². The van der Waals surface area contributed by atoms with Crippen LogP contribution in [0.25, 0.3) is 11.0 Å². The fourth-order valence-corrected chi connectivity index (χ4v) is 2.77. The third-order valence-electron chi connectivity index (χ3n) is 4.06. The van der Waals surface area contributed by atoms with Crippen LogP contribution in [0.2, 0.25) is 0 Å². The quantitative estimate of drug-likeness (QED) is 0.684. The van der Waals surface area contributed by atoms with Gasteiger partial charge in [-0.15, -0.1) is 0 Å². The van der Waals surface area contributed by atoms with E-state index < -0.39 is 46.7 Å². The smallest absolute Gasteiger partial charge is 0.310 e. The standard InChI is InChI=1S/C16H12F6N4O/c1-6(8-3-4-9(10(17)5-8)16(20,21)22)26-14-11(12(25-26)13(18)19)15(27)24-7(2)23-14/h3-6,13H,1-2H3,(H,23,24,27)/t6-/m1/s1. The first-order chi connectivity index (χ1) is 12.5. The summed E-state index contributed by atoms with van der Waals surface area (Å²) in [6, 6.07) is 1.28. The largest absolute Gasteiger partial charge is 0.419 e. The van der Waals surface area contributed by atoms with E-state index >= 15 is 0 Å². The Bertz CT molecular complexity index is 1070. The SMILES string of the molecule is Cc1nc2c(c(C(F)F)nn2[C@H](C)c2ccc(C(F)(F)F)c(F)c2)c(=O)[nH]1. The Morgan fingerprint density at radius 3 is 2.44 bits per heavy atom. The van der Waals surface area contributed by atoms with Crippen LogP contribution < -0.4 is 5.56 Å². The molecule has 0 spiro atoms. The molecule has 1 atom stereocenters. The summed E-state index contributed by atoms with van der Waals surface area (Å²) in [5.74, 6) is -1.36. The van der Waals surface area contributed by atoms with E-state index in [0.717, 1.165) is 10.7 Å². The number of aromatic nitrogens is 4. The van der Waals surface area contributed by atoms with Gasteiger partial charge >= 0.3 is 6.18 Å². The Labute approximate surface area is 147 Å². The molecule has 0 aliphatic rings. The van der Waals surface area contributed by atoms with E-state index in [-0.39, 0.29) is 17.0 Å². The van der Waals surface area contributed by atoms with Crippen molar-refractivity contribution in [3.05, 3.63) is 57.0 Å². The Kier molecular flexibility index (Phi) is 4.48. The number of hydrogen-bond acceptors (Lipinski definition) is 3. The normalized spacial score (nSPS) is 13.5. The third-order valence-corrected chi connectivity index (χ3v) is 4.06. The number of aryl methyl sites for hydroxylation is 1. The summed E-state index contributed by atoms with van der Waals surface area (Å²) in [7, 11) is 0. The topological polar surface area (TPSA) is 63.6 Å². The maximum atomic E-state index is 13.9. The molecular weight excluding hydrogens is 378 g/mol. The summed E-state index contributed by atoms with van der Waals surface area (Å²) in [4.78, 5) is 18.3. The van der Waals surface area contributed by atoms with Crippen molar-refractivity contribution >= 4 is 11.0 Å². The average molecular weight is 390 g/mol. The van der Waals surface area contributed by atoms with Crippen LogP contribution in [0.1, 0.15) is 42.0 Å². The number of aromatic amines is 1. The van der Waals surface area contributed by atoms with Gasteiger partial charge in [-0.3, -0.25) is 4.79 Å². The molecule has 0 aliphatic heterocycles. The van der Waals surface area contributed by atoms with Gasteiger partial charge in [-0.1, -0.05) is 6.07 Å². The number of fused-ring (bicyclic) bond motifs is 1. The molecule has 3 aromatic rings. The Hall–Kier alpha value is -2.85. The van der Waals surface area contributed by atoms with E-state index in [1.165, 1.54) is 13.8 Å². The highest BCUT2D eigenvalue weighted by Gasteiger charge is 2.34. The summed E-state index contributed by atoms with van der Waals surface area (Å²) in [6.07, 6.45) is -7.94. The van der Waals surface area contributed by atoms with Gasteiger partial charge in [0.15, 0.2) is 5.65 Å². The van der Waals surface area contributed by atoms with Crippen molar-refractivity contribution in [1.82, 2.24) is 19.7 Å². The van der Waals surface area contributed by atoms with Crippen LogP contribution in [0.5, 0.6) is 0 Å². The summed E-state index contributed by atoms with van der Waals surface area (Å²) in [5.41, 5.74) is -3.19. The Morgan fingerprint density at radius 1 is 1.22 bits per heavy atom. The van der Waals surface area contributed by atoms with Crippen LogP contribution in [-0.2, 0) is 6.18 Å². The zero-order valence-corrected chi connectivity index (χ0v) is 13.9. The van der Waals surface area contributed by atoms with Gasteiger partial charge in [0, 0.05) is 0 Å². The van der Waals surface area contributed by atoms with Crippen LogP contribution in [0.15, 0.2) is 23.0 Å². The number of nitrogens with one attached hydrogen (secondary N) is 1. The molecule has 1 N–H and O–H groups in total. The molecule has 3 rings (SSSR count). The van der Waals surface area contributed by atoms with Gasteiger partial charge in [0.1, 0.15) is 22.7 Å². The highest BCUT2D eigenvalue weighted by Crippen LogP contribution is 2.34. The maximum Gasteiger partial charge on any atom is 0.419 e. The van der Waals surface area contributed by atoms with E-state index in [2.05, 4.69) is 15.1 Å². The summed E-state index contributed by atoms with van der Waals surface area (Å²) in [5, 5.41) is 3.29. The van der Waals surface area contributed by atoms with Gasteiger partial charge in [0.25, 0.3) is 12.0 Å². The predicted octanol–water partition coefficient (Wildman–Crippen LogP) is 4.13. The van der Waals surface area contributed by atoms with Crippen LogP contribution in [0, 0.1) is 12.7 Å². The molecule has 0 saturated carbocycles. The molecule has 0 unspecified atom stereocenters. The molecule has 0 bridgehead atoms. The van der Waals surface area contributed by atoms with Gasteiger partial charge in [0.2, 0.25) is 0 Å². The van der Waals surface area contributed by atoms with Crippen LogP contribution in [-0.4, -0.2) is 19.7 Å². The van der Waals surface area contributed by atoms with Crippen LogP contribution in [0.4, 0.5) is 26.3 Å². The predicted molar refractivity (Wildman–Crippen MR) is 83.1 cm³/mol. The number of alkyl halides is 5. The zero-order chi connectivity index (χ0) is 20.1. The van der Waals surface area contributed by atoms with Gasteiger partial charge in [-0.25, -0.2) is 22.8 Å².